The average molecular weight is 420 g/mol. The van der Waals surface area contributed by atoms with Crippen molar-refractivity contribution < 1.29 is 23.8 Å². The lowest BCUT2D eigenvalue weighted by Crippen LogP contribution is -2.17. The third kappa shape index (κ3) is 6.31. The molecule has 0 N–H and O–H groups in total. The van der Waals surface area contributed by atoms with Gasteiger partial charge in [0.25, 0.3) is 0 Å². The van der Waals surface area contributed by atoms with Crippen molar-refractivity contribution in [3.05, 3.63) is 63.6 Å². The molecular formula is C20H15Cl2NO5. The quantitative estimate of drug-likeness (QED) is 0.285. The van der Waals surface area contributed by atoms with Crippen LogP contribution in [-0.4, -0.2) is 25.2 Å². The molecule has 0 aliphatic rings. The summed E-state index contributed by atoms with van der Waals surface area (Å²) < 4.78 is 15.3. The largest absolute Gasteiger partial charge is 0.480 e. The summed E-state index contributed by atoms with van der Waals surface area (Å²) in [7, 11) is 0. The maximum Gasteiger partial charge on any atom is 0.349 e. The third-order valence-corrected chi connectivity index (χ3v) is 3.80. The SMILES string of the molecule is CCOC(=O)/C(C#N)=C/c1cccc(OC(=O)COc2cc(Cl)ccc2Cl)c1. The Kier molecular flexibility index (Phi) is 7.88. The van der Waals surface area contributed by atoms with Crippen molar-refractivity contribution in [3.8, 4) is 17.6 Å². The molecule has 2 rings (SSSR count). The van der Waals surface area contributed by atoms with Gasteiger partial charge in [0, 0.05) is 11.1 Å². The molecule has 0 unspecified atom stereocenters. The van der Waals surface area contributed by atoms with Crippen LogP contribution in [0.2, 0.25) is 10.0 Å². The van der Waals surface area contributed by atoms with Crippen LogP contribution in [0, 0.1) is 11.3 Å². The number of nitriles is 1. The molecular weight excluding hydrogens is 405 g/mol. The van der Waals surface area contributed by atoms with E-state index in [4.69, 9.17) is 42.7 Å². The predicted octanol–water partition coefficient (Wildman–Crippen LogP) is 4.45. The molecule has 0 saturated carbocycles. The summed E-state index contributed by atoms with van der Waals surface area (Å²) in [5.41, 5.74) is 0.331. The predicted molar refractivity (Wildman–Crippen MR) is 104 cm³/mol. The first-order chi connectivity index (χ1) is 13.4. The van der Waals surface area contributed by atoms with Crippen LogP contribution in [-0.2, 0) is 14.3 Å². The van der Waals surface area contributed by atoms with Crippen LogP contribution in [0.5, 0.6) is 11.5 Å². The molecule has 2 aromatic carbocycles. The van der Waals surface area contributed by atoms with Crippen LogP contribution in [0.15, 0.2) is 48.0 Å². The minimum absolute atomic E-state index is 0.159. The Hall–Kier alpha value is -3.01. The van der Waals surface area contributed by atoms with Gasteiger partial charge in [-0.1, -0.05) is 35.3 Å². The Morgan fingerprint density at radius 3 is 2.68 bits per heavy atom. The summed E-state index contributed by atoms with van der Waals surface area (Å²) >= 11 is 11.8. The van der Waals surface area contributed by atoms with E-state index in [1.54, 1.807) is 43.3 Å². The van der Waals surface area contributed by atoms with Crippen LogP contribution in [0.4, 0.5) is 0 Å². The van der Waals surface area contributed by atoms with Gasteiger partial charge in [-0.25, -0.2) is 9.59 Å². The summed E-state index contributed by atoms with van der Waals surface area (Å²) in [4.78, 5) is 23.7. The Morgan fingerprint density at radius 1 is 1.18 bits per heavy atom. The summed E-state index contributed by atoms with van der Waals surface area (Å²) in [5, 5.41) is 9.81. The van der Waals surface area contributed by atoms with Crippen LogP contribution in [0.1, 0.15) is 12.5 Å². The third-order valence-electron chi connectivity index (χ3n) is 3.26. The summed E-state index contributed by atoms with van der Waals surface area (Å²) in [5.74, 6) is -0.904. The zero-order valence-corrected chi connectivity index (χ0v) is 16.3. The van der Waals surface area contributed by atoms with Gasteiger partial charge in [0.15, 0.2) is 6.61 Å². The van der Waals surface area contributed by atoms with Gasteiger partial charge in [-0.2, -0.15) is 5.26 Å². The van der Waals surface area contributed by atoms with E-state index in [0.717, 1.165) is 0 Å². The minimum Gasteiger partial charge on any atom is -0.480 e. The van der Waals surface area contributed by atoms with Crippen molar-refractivity contribution >= 4 is 41.2 Å². The molecule has 0 aromatic heterocycles. The molecule has 0 aliphatic heterocycles. The molecule has 2 aromatic rings. The number of halogens is 2. The molecule has 0 aliphatic carbocycles. The van der Waals surface area contributed by atoms with E-state index in [1.807, 2.05) is 0 Å². The van der Waals surface area contributed by atoms with Crippen molar-refractivity contribution in [2.45, 2.75) is 6.92 Å². The summed E-state index contributed by atoms with van der Waals surface area (Å²) in [6.45, 7) is 1.42. The van der Waals surface area contributed by atoms with Gasteiger partial charge in [-0.05, 0) is 42.8 Å². The fourth-order valence-corrected chi connectivity index (χ4v) is 2.40. The Morgan fingerprint density at radius 2 is 1.96 bits per heavy atom. The van der Waals surface area contributed by atoms with Gasteiger partial charge in [0.05, 0.1) is 11.6 Å². The van der Waals surface area contributed by atoms with Crippen LogP contribution in [0.25, 0.3) is 6.08 Å². The van der Waals surface area contributed by atoms with Gasteiger partial charge < -0.3 is 14.2 Å². The van der Waals surface area contributed by atoms with Crippen molar-refractivity contribution in [2.75, 3.05) is 13.2 Å². The van der Waals surface area contributed by atoms with Crippen LogP contribution < -0.4 is 9.47 Å². The first kappa shape index (κ1) is 21.3. The standard InChI is InChI=1S/C20H15Cl2NO5/c1-2-26-20(25)14(11-23)8-13-4-3-5-16(9-13)28-19(24)12-27-18-10-15(21)6-7-17(18)22/h3-10H,2,12H2,1H3/b14-8+. The number of carbonyl (C=O) groups is 2. The van der Waals surface area contributed by atoms with E-state index in [9.17, 15) is 9.59 Å². The lowest BCUT2D eigenvalue weighted by Gasteiger charge is -2.09. The van der Waals surface area contributed by atoms with Crippen molar-refractivity contribution in [2.24, 2.45) is 0 Å². The smallest absolute Gasteiger partial charge is 0.349 e. The van der Waals surface area contributed by atoms with E-state index in [2.05, 4.69) is 0 Å². The summed E-state index contributed by atoms with van der Waals surface area (Å²) in [6, 6.07) is 12.7. The molecule has 0 spiro atoms. The number of benzene rings is 2. The first-order valence-corrected chi connectivity index (χ1v) is 8.86. The fourth-order valence-electron chi connectivity index (χ4n) is 2.07. The van der Waals surface area contributed by atoms with Crippen molar-refractivity contribution in [3.63, 3.8) is 0 Å². The fraction of sp³-hybridized carbons (Fsp3) is 0.150. The first-order valence-electron chi connectivity index (χ1n) is 8.10. The Labute approximate surface area is 171 Å². The zero-order chi connectivity index (χ0) is 20.5. The highest BCUT2D eigenvalue weighted by Gasteiger charge is 2.11. The van der Waals surface area contributed by atoms with Crippen LogP contribution >= 0.6 is 23.2 Å². The Bertz CT molecular complexity index is 950. The molecule has 0 atom stereocenters. The second kappa shape index (κ2) is 10.4. The van der Waals surface area contributed by atoms with Gasteiger partial charge >= 0.3 is 11.9 Å². The van der Waals surface area contributed by atoms with Crippen LogP contribution in [0.3, 0.4) is 0 Å². The molecule has 6 nitrogen and oxygen atoms in total. The molecule has 0 amide bonds. The monoisotopic (exact) mass is 419 g/mol. The highest BCUT2D eigenvalue weighted by molar-refractivity contribution is 6.34. The van der Waals surface area contributed by atoms with Gasteiger partial charge in [0.2, 0.25) is 0 Å². The second-order valence-electron chi connectivity index (χ2n) is 5.30. The van der Waals surface area contributed by atoms with Crippen molar-refractivity contribution in [1.29, 1.82) is 5.26 Å². The van der Waals surface area contributed by atoms with E-state index in [-0.39, 0.29) is 30.3 Å². The molecule has 0 bridgehead atoms. The molecule has 0 radical (unpaired) electrons. The number of hydrogen-bond acceptors (Lipinski definition) is 6. The number of ether oxygens (including phenoxy) is 3. The highest BCUT2D eigenvalue weighted by atomic mass is 35.5. The summed E-state index contributed by atoms with van der Waals surface area (Å²) in [6.07, 6.45) is 1.34. The second-order valence-corrected chi connectivity index (χ2v) is 6.14. The number of nitrogens with zero attached hydrogens (tertiary/aromatic N) is 1. The van der Waals surface area contributed by atoms with E-state index >= 15 is 0 Å². The number of hydrogen-bond donors (Lipinski definition) is 0. The molecule has 28 heavy (non-hydrogen) atoms. The molecule has 0 saturated heterocycles. The highest BCUT2D eigenvalue weighted by Crippen LogP contribution is 2.27. The van der Waals surface area contributed by atoms with Gasteiger partial charge in [-0.15, -0.1) is 0 Å². The number of rotatable bonds is 7. The maximum atomic E-state index is 12.0. The normalized spacial score (nSPS) is 10.7. The van der Waals surface area contributed by atoms with Crippen molar-refractivity contribution in [1.82, 2.24) is 0 Å². The van der Waals surface area contributed by atoms with Gasteiger partial charge in [0.1, 0.15) is 23.1 Å². The molecule has 0 heterocycles. The lowest BCUT2D eigenvalue weighted by molar-refractivity contribution is -0.138. The number of carbonyl (C=O) groups excluding carboxylic acids is 2. The number of esters is 2. The molecule has 8 heteroatoms. The Balaban J connectivity index is 2.03. The van der Waals surface area contributed by atoms with E-state index in [0.29, 0.717) is 15.6 Å². The minimum atomic E-state index is -0.723. The van der Waals surface area contributed by atoms with E-state index in [1.165, 1.54) is 18.2 Å². The average Bonchev–Trinajstić information content (AvgIpc) is 2.67. The zero-order valence-electron chi connectivity index (χ0n) is 14.8. The lowest BCUT2D eigenvalue weighted by atomic mass is 10.1. The van der Waals surface area contributed by atoms with Gasteiger partial charge in [-0.3, -0.25) is 0 Å². The maximum absolute atomic E-state index is 12.0. The molecule has 144 valence electrons. The van der Waals surface area contributed by atoms with E-state index < -0.39 is 11.9 Å². The topological polar surface area (TPSA) is 85.6 Å². The molecule has 0 fully saturated rings.